The van der Waals surface area contributed by atoms with Crippen LogP contribution in [0.3, 0.4) is 0 Å². The summed E-state index contributed by atoms with van der Waals surface area (Å²) < 4.78 is 84.1. The lowest BCUT2D eigenvalue weighted by Crippen LogP contribution is -2.11. The number of carboxylic acid groups (broad SMARTS) is 1. The summed E-state index contributed by atoms with van der Waals surface area (Å²) in [5.74, 6) is -1.65. The van der Waals surface area contributed by atoms with E-state index in [9.17, 15) is 36.2 Å². The van der Waals surface area contributed by atoms with Gasteiger partial charge in [-0.2, -0.15) is 26.3 Å². The zero-order valence-corrected chi connectivity index (χ0v) is 15.7. The van der Waals surface area contributed by atoms with Gasteiger partial charge in [-0.3, -0.25) is 0 Å². The lowest BCUT2D eigenvalue weighted by molar-refractivity contribution is -0.143. The number of rotatable bonds is 4. The molecular weight excluding hydrogens is 434 g/mol. The predicted octanol–water partition coefficient (Wildman–Crippen LogP) is 4.67. The topological polar surface area (TPSA) is 94.0 Å². The van der Waals surface area contributed by atoms with Crippen LogP contribution in [0.4, 0.5) is 26.3 Å². The van der Waals surface area contributed by atoms with Crippen LogP contribution < -0.4 is 0 Å². The number of hydrogen-bond acceptors (Lipinski definition) is 5. The molecule has 0 saturated heterocycles. The molecule has 2 aromatic heterocycles. The molecule has 3 rings (SSSR count). The molecule has 0 aliphatic heterocycles. The van der Waals surface area contributed by atoms with Gasteiger partial charge in [-0.1, -0.05) is 5.16 Å². The number of halogens is 6. The van der Waals surface area contributed by atoms with Gasteiger partial charge < -0.3 is 9.63 Å². The lowest BCUT2D eigenvalue weighted by Gasteiger charge is -2.13. The summed E-state index contributed by atoms with van der Waals surface area (Å²) in [6.07, 6.45) is -8.12. The van der Waals surface area contributed by atoms with Gasteiger partial charge in [-0.15, -0.1) is 5.10 Å². The van der Waals surface area contributed by atoms with Crippen LogP contribution in [0, 0.1) is 13.8 Å². The highest BCUT2D eigenvalue weighted by Gasteiger charge is 2.37. The smallest absolute Gasteiger partial charge is 0.416 e. The second-order valence-corrected chi connectivity index (χ2v) is 6.39. The standard InChI is InChI=1S/C18H12F6N4O3/c1-8-14(9(2)31-27-8)13(16(29)30)6-28-7-25-15(26-28)10-3-11(17(19,20)21)5-12(4-10)18(22,23)24/h3-7H,1-2H3,(H,29,30). The summed E-state index contributed by atoms with van der Waals surface area (Å²) in [5.41, 5.74) is -3.48. The second kappa shape index (κ2) is 7.56. The molecule has 3 aromatic rings. The average Bonchev–Trinajstić information content (AvgIpc) is 3.24. The van der Waals surface area contributed by atoms with Gasteiger partial charge >= 0.3 is 18.3 Å². The quantitative estimate of drug-likeness (QED) is 0.463. The number of carboxylic acids is 1. The van der Waals surface area contributed by atoms with E-state index in [4.69, 9.17) is 4.52 Å². The highest BCUT2D eigenvalue weighted by molar-refractivity contribution is 6.19. The Hall–Kier alpha value is -3.64. The van der Waals surface area contributed by atoms with Crippen molar-refractivity contribution in [2.75, 3.05) is 0 Å². The number of benzene rings is 1. The van der Waals surface area contributed by atoms with E-state index in [2.05, 4.69) is 15.2 Å². The Morgan fingerprint density at radius 1 is 1.06 bits per heavy atom. The Labute approximate surface area is 169 Å². The number of aliphatic carboxylic acids is 1. The Morgan fingerprint density at radius 3 is 2.10 bits per heavy atom. The Balaban J connectivity index is 2.10. The highest BCUT2D eigenvalue weighted by atomic mass is 19.4. The molecule has 0 spiro atoms. The molecule has 0 amide bonds. The van der Waals surface area contributed by atoms with Crippen LogP contribution in [0.5, 0.6) is 0 Å². The van der Waals surface area contributed by atoms with Gasteiger partial charge in [0.25, 0.3) is 0 Å². The fourth-order valence-electron chi connectivity index (χ4n) is 2.78. The Kier molecular flexibility index (Phi) is 5.38. The van der Waals surface area contributed by atoms with Crippen molar-refractivity contribution in [3.05, 3.63) is 52.7 Å². The molecule has 0 atom stereocenters. The van der Waals surface area contributed by atoms with Crippen molar-refractivity contribution in [1.29, 1.82) is 0 Å². The van der Waals surface area contributed by atoms with Gasteiger partial charge in [-0.25, -0.2) is 14.5 Å². The molecule has 164 valence electrons. The van der Waals surface area contributed by atoms with Crippen molar-refractivity contribution in [1.82, 2.24) is 19.9 Å². The van der Waals surface area contributed by atoms with E-state index in [0.717, 1.165) is 17.2 Å². The van der Waals surface area contributed by atoms with Crippen LogP contribution in [-0.4, -0.2) is 31.0 Å². The largest absolute Gasteiger partial charge is 0.478 e. The summed E-state index contributed by atoms with van der Waals surface area (Å²) in [5, 5.41) is 16.9. The maximum atomic E-state index is 13.0. The molecule has 0 aliphatic rings. The zero-order chi connectivity index (χ0) is 23.1. The summed E-state index contributed by atoms with van der Waals surface area (Å²) in [4.78, 5) is 15.4. The predicted molar refractivity (Wildman–Crippen MR) is 93.2 cm³/mol. The lowest BCUT2D eigenvalue weighted by atomic mass is 10.0. The van der Waals surface area contributed by atoms with E-state index >= 15 is 0 Å². The molecule has 1 N–H and O–H groups in total. The normalized spacial score (nSPS) is 13.0. The van der Waals surface area contributed by atoms with Crippen LogP contribution in [0.1, 0.15) is 28.1 Å². The maximum Gasteiger partial charge on any atom is 0.416 e. The van der Waals surface area contributed by atoms with E-state index in [0.29, 0.717) is 12.1 Å². The minimum absolute atomic E-state index is 0.0135. The Morgan fingerprint density at radius 2 is 1.65 bits per heavy atom. The fraction of sp³-hybridized carbons (Fsp3) is 0.222. The molecule has 0 bridgehead atoms. The van der Waals surface area contributed by atoms with Gasteiger partial charge in [-0.05, 0) is 32.0 Å². The minimum Gasteiger partial charge on any atom is -0.478 e. The third-order valence-electron chi connectivity index (χ3n) is 4.15. The van der Waals surface area contributed by atoms with E-state index in [-0.39, 0.29) is 28.7 Å². The molecule has 1 aromatic carbocycles. The summed E-state index contributed by atoms with van der Waals surface area (Å²) in [6.45, 7) is 2.97. The maximum absolute atomic E-state index is 13.0. The van der Waals surface area contributed by atoms with Crippen molar-refractivity contribution < 1.29 is 40.8 Å². The zero-order valence-electron chi connectivity index (χ0n) is 15.7. The molecule has 0 radical (unpaired) electrons. The molecule has 2 heterocycles. The second-order valence-electron chi connectivity index (χ2n) is 6.39. The van der Waals surface area contributed by atoms with Gasteiger partial charge in [0.05, 0.1) is 28.0 Å². The first-order chi connectivity index (χ1) is 14.3. The van der Waals surface area contributed by atoms with E-state index in [1.807, 2.05) is 0 Å². The molecule has 7 nitrogen and oxygen atoms in total. The van der Waals surface area contributed by atoms with Gasteiger partial charge in [0.2, 0.25) is 0 Å². The Bertz CT molecular complexity index is 1120. The highest BCUT2D eigenvalue weighted by Crippen LogP contribution is 2.38. The van der Waals surface area contributed by atoms with Crippen molar-refractivity contribution in [3.63, 3.8) is 0 Å². The van der Waals surface area contributed by atoms with Crippen LogP contribution in [0.2, 0.25) is 0 Å². The van der Waals surface area contributed by atoms with Crippen molar-refractivity contribution in [2.24, 2.45) is 0 Å². The van der Waals surface area contributed by atoms with Crippen LogP contribution in [0.25, 0.3) is 23.2 Å². The van der Waals surface area contributed by atoms with E-state index < -0.39 is 40.8 Å². The summed E-state index contributed by atoms with van der Waals surface area (Å²) in [6, 6.07) is 0.941. The number of carbonyl (C=O) groups is 1. The average molecular weight is 446 g/mol. The van der Waals surface area contributed by atoms with Crippen molar-refractivity contribution >= 4 is 17.7 Å². The van der Waals surface area contributed by atoms with Crippen LogP contribution >= 0.6 is 0 Å². The van der Waals surface area contributed by atoms with Gasteiger partial charge in [0.15, 0.2) is 5.82 Å². The third kappa shape index (κ3) is 4.59. The number of aryl methyl sites for hydroxylation is 2. The first kappa shape index (κ1) is 22.1. The van der Waals surface area contributed by atoms with E-state index in [1.54, 1.807) is 0 Å². The minimum atomic E-state index is -5.03. The molecule has 0 fully saturated rings. The van der Waals surface area contributed by atoms with Crippen molar-refractivity contribution in [2.45, 2.75) is 26.2 Å². The monoisotopic (exact) mass is 446 g/mol. The van der Waals surface area contributed by atoms with E-state index in [1.165, 1.54) is 13.8 Å². The van der Waals surface area contributed by atoms with Gasteiger partial charge in [0, 0.05) is 11.8 Å². The molecule has 13 heteroatoms. The molecule has 31 heavy (non-hydrogen) atoms. The molecule has 0 aliphatic carbocycles. The van der Waals surface area contributed by atoms with Crippen LogP contribution in [-0.2, 0) is 17.1 Å². The fourth-order valence-corrected chi connectivity index (χ4v) is 2.78. The number of hydrogen-bond donors (Lipinski definition) is 1. The number of aromatic nitrogens is 4. The first-order valence-corrected chi connectivity index (χ1v) is 8.36. The summed E-state index contributed by atoms with van der Waals surface area (Å²) >= 11 is 0. The third-order valence-corrected chi connectivity index (χ3v) is 4.15. The number of nitrogens with zero attached hydrogens (tertiary/aromatic N) is 4. The summed E-state index contributed by atoms with van der Waals surface area (Å²) in [7, 11) is 0. The van der Waals surface area contributed by atoms with Crippen molar-refractivity contribution in [3.8, 4) is 11.4 Å². The molecular formula is C18H12F6N4O3. The molecule has 0 saturated carbocycles. The first-order valence-electron chi connectivity index (χ1n) is 8.36. The number of alkyl halides is 6. The molecule has 0 unspecified atom stereocenters. The van der Waals surface area contributed by atoms with Gasteiger partial charge in [0.1, 0.15) is 12.1 Å². The SMILES string of the molecule is Cc1noc(C)c1C(=Cn1cnc(-c2cc(C(F)(F)F)cc(C(F)(F)F)c2)n1)C(=O)O. The van der Waals surface area contributed by atoms with Crippen LogP contribution in [0.15, 0.2) is 29.0 Å².